The van der Waals surface area contributed by atoms with Crippen molar-refractivity contribution in [3.05, 3.63) is 57.3 Å². The first-order valence-corrected chi connectivity index (χ1v) is 9.78. The number of aryl methyl sites for hydroxylation is 2. The van der Waals surface area contributed by atoms with E-state index >= 15 is 0 Å². The third-order valence-electron chi connectivity index (χ3n) is 5.23. The Hall–Kier alpha value is -2.77. The zero-order chi connectivity index (χ0) is 21.0. The highest BCUT2D eigenvalue weighted by atomic mass is 19.1. The van der Waals surface area contributed by atoms with Gasteiger partial charge in [-0.1, -0.05) is 0 Å². The highest BCUT2D eigenvalue weighted by Gasteiger charge is 2.24. The number of carbonyl (C=O) groups is 1. The first-order chi connectivity index (χ1) is 13.8. The molecular formula is C21H25F2N3O3. The zero-order valence-corrected chi connectivity index (χ0v) is 16.6. The van der Waals surface area contributed by atoms with Gasteiger partial charge in [0.05, 0.1) is 6.10 Å². The van der Waals surface area contributed by atoms with Gasteiger partial charge >= 0.3 is 5.69 Å². The molecule has 29 heavy (non-hydrogen) atoms. The number of benzene rings is 1. The number of ether oxygens (including phenoxy) is 1. The molecule has 1 amide bonds. The molecule has 0 bridgehead atoms. The first-order valence-electron chi connectivity index (χ1n) is 9.78. The third-order valence-corrected chi connectivity index (χ3v) is 5.23. The molecule has 6 nitrogen and oxygen atoms in total. The summed E-state index contributed by atoms with van der Waals surface area (Å²) in [6.07, 6.45) is 3.59. The number of aromatic amines is 1. The van der Waals surface area contributed by atoms with Gasteiger partial charge in [0, 0.05) is 42.0 Å². The van der Waals surface area contributed by atoms with Gasteiger partial charge in [0.25, 0.3) is 0 Å². The van der Waals surface area contributed by atoms with E-state index in [4.69, 9.17) is 4.74 Å². The number of hydrogen-bond donors (Lipinski definition) is 2. The molecule has 1 heterocycles. The largest absolute Gasteiger partial charge is 0.490 e. The minimum atomic E-state index is -0.663. The molecular weight excluding hydrogens is 380 g/mol. The van der Waals surface area contributed by atoms with Gasteiger partial charge in [-0.2, -0.15) is 4.98 Å². The molecule has 1 aromatic heterocycles. The Morgan fingerprint density at radius 1 is 1.17 bits per heavy atom. The Bertz CT molecular complexity index is 891. The molecule has 1 fully saturated rings. The standard InChI is InChI=1S/C21H25F2N3O3/c1-12-19(13(2)25-21(28)24-12)7-8-20(27)26-16-3-5-17(6-4-16)29-18-10-14(22)9-15(23)11-18/h9-11,16-17H,3-8H2,1-2H3,(H,26,27)(H,24,25,28). The Morgan fingerprint density at radius 2 is 1.83 bits per heavy atom. The summed E-state index contributed by atoms with van der Waals surface area (Å²) in [6, 6.07) is 3.22. The maximum Gasteiger partial charge on any atom is 0.345 e. The maximum atomic E-state index is 13.3. The van der Waals surface area contributed by atoms with Crippen LogP contribution in [0.1, 0.15) is 49.1 Å². The second-order valence-electron chi connectivity index (χ2n) is 7.50. The van der Waals surface area contributed by atoms with Gasteiger partial charge < -0.3 is 15.0 Å². The smallest absolute Gasteiger partial charge is 0.345 e. The number of amides is 1. The van der Waals surface area contributed by atoms with Gasteiger partial charge in [-0.15, -0.1) is 0 Å². The molecule has 0 atom stereocenters. The summed E-state index contributed by atoms with van der Waals surface area (Å²) < 4.78 is 32.2. The van der Waals surface area contributed by atoms with Gasteiger partial charge in [-0.25, -0.2) is 13.6 Å². The second kappa shape index (κ2) is 9.15. The number of hydrogen-bond acceptors (Lipinski definition) is 4. The number of rotatable bonds is 6. The van der Waals surface area contributed by atoms with Crippen LogP contribution in [0, 0.1) is 25.5 Å². The average Bonchev–Trinajstić information content (AvgIpc) is 2.61. The lowest BCUT2D eigenvalue weighted by molar-refractivity contribution is -0.122. The van der Waals surface area contributed by atoms with Crippen LogP contribution in [0.25, 0.3) is 0 Å². The van der Waals surface area contributed by atoms with Crippen molar-refractivity contribution in [2.24, 2.45) is 0 Å². The Balaban J connectivity index is 1.44. The normalized spacial score (nSPS) is 19.0. The Kier molecular flexibility index (Phi) is 6.61. The molecule has 0 saturated heterocycles. The van der Waals surface area contributed by atoms with Crippen LogP contribution in [0.15, 0.2) is 23.0 Å². The van der Waals surface area contributed by atoms with Crippen LogP contribution in [0.2, 0.25) is 0 Å². The van der Waals surface area contributed by atoms with Gasteiger partial charge in [0.2, 0.25) is 5.91 Å². The number of halogens is 2. The van der Waals surface area contributed by atoms with Crippen molar-refractivity contribution in [1.82, 2.24) is 15.3 Å². The van der Waals surface area contributed by atoms with Crippen molar-refractivity contribution in [2.45, 2.75) is 64.5 Å². The molecule has 3 rings (SSSR count). The van der Waals surface area contributed by atoms with Crippen LogP contribution >= 0.6 is 0 Å². The molecule has 0 spiro atoms. The van der Waals surface area contributed by atoms with Crippen LogP contribution in [0.4, 0.5) is 8.78 Å². The van der Waals surface area contributed by atoms with Gasteiger partial charge in [0.1, 0.15) is 17.4 Å². The molecule has 2 aromatic rings. The van der Waals surface area contributed by atoms with E-state index < -0.39 is 11.6 Å². The number of aromatic nitrogens is 2. The number of H-pyrrole nitrogens is 1. The van der Waals surface area contributed by atoms with E-state index in [-0.39, 0.29) is 29.5 Å². The average molecular weight is 405 g/mol. The fourth-order valence-corrected chi connectivity index (χ4v) is 3.78. The van der Waals surface area contributed by atoms with E-state index in [2.05, 4.69) is 15.3 Å². The minimum Gasteiger partial charge on any atom is -0.490 e. The van der Waals surface area contributed by atoms with Crippen LogP contribution < -0.4 is 15.7 Å². The molecule has 2 N–H and O–H groups in total. The lowest BCUT2D eigenvalue weighted by Gasteiger charge is -2.29. The summed E-state index contributed by atoms with van der Waals surface area (Å²) in [4.78, 5) is 30.2. The minimum absolute atomic E-state index is 0.0495. The highest BCUT2D eigenvalue weighted by Crippen LogP contribution is 2.25. The first kappa shape index (κ1) is 21.0. The summed E-state index contributed by atoms with van der Waals surface area (Å²) in [7, 11) is 0. The van der Waals surface area contributed by atoms with Gasteiger partial charge in [-0.05, 0) is 51.5 Å². The van der Waals surface area contributed by atoms with Crippen molar-refractivity contribution in [2.75, 3.05) is 0 Å². The van der Waals surface area contributed by atoms with Crippen molar-refractivity contribution >= 4 is 5.91 Å². The molecule has 8 heteroatoms. The van der Waals surface area contributed by atoms with Crippen molar-refractivity contribution < 1.29 is 18.3 Å². The van der Waals surface area contributed by atoms with E-state index in [9.17, 15) is 18.4 Å². The topological polar surface area (TPSA) is 84.1 Å². The Morgan fingerprint density at radius 3 is 2.45 bits per heavy atom. The van der Waals surface area contributed by atoms with Crippen LogP contribution in [-0.4, -0.2) is 28.0 Å². The van der Waals surface area contributed by atoms with Gasteiger partial charge in [-0.3, -0.25) is 4.79 Å². The van der Waals surface area contributed by atoms with E-state index in [1.54, 1.807) is 13.8 Å². The monoisotopic (exact) mass is 405 g/mol. The van der Waals surface area contributed by atoms with E-state index in [1.807, 2.05) is 0 Å². The Labute approximate surface area is 167 Å². The van der Waals surface area contributed by atoms with Crippen molar-refractivity contribution in [3.8, 4) is 5.75 Å². The zero-order valence-electron chi connectivity index (χ0n) is 16.6. The molecule has 1 aliphatic carbocycles. The molecule has 0 aliphatic heterocycles. The fraction of sp³-hybridized carbons (Fsp3) is 0.476. The summed E-state index contributed by atoms with van der Waals surface area (Å²) in [6.45, 7) is 3.57. The predicted molar refractivity (Wildman–Crippen MR) is 104 cm³/mol. The summed E-state index contributed by atoms with van der Waals surface area (Å²) in [5.74, 6) is -1.19. The third kappa shape index (κ3) is 5.85. The quantitative estimate of drug-likeness (QED) is 0.774. The van der Waals surface area contributed by atoms with Crippen molar-refractivity contribution in [3.63, 3.8) is 0 Å². The molecule has 1 saturated carbocycles. The predicted octanol–water partition coefficient (Wildman–Crippen LogP) is 3.10. The maximum absolute atomic E-state index is 13.3. The SMILES string of the molecule is Cc1nc(=O)[nH]c(C)c1CCC(=O)NC1CCC(Oc2cc(F)cc(F)c2)CC1. The highest BCUT2D eigenvalue weighted by molar-refractivity contribution is 5.76. The summed E-state index contributed by atoms with van der Waals surface area (Å²) in [5, 5.41) is 3.04. The van der Waals surface area contributed by atoms with Crippen LogP contribution in [0.5, 0.6) is 5.75 Å². The lowest BCUT2D eigenvalue weighted by atomic mass is 9.92. The van der Waals surface area contributed by atoms with E-state index in [0.717, 1.165) is 30.2 Å². The molecule has 1 aromatic carbocycles. The lowest BCUT2D eigenvalue weighted by Crippen LogP contribution is -2.39. The molecule has 156 valence electrons. The molecule has 1 aliphatic rings. The fourth-order valence-electron chi connectivity index (χ4n) is 3.78. The number of nitrogens with zero attached hydrogens (tertiary/aromatic N) is 1. The summed E-state index contributed by atoms with van der Waals surface area (Å²) in [5.41, 5.74) is 1.89. The number of carbonyl (C=O) groups excluding carboxylic acids is 1. The van der Waals surface area contributed by atoms with Crippen LogP contribution in [0.3, 0.4) is 0 Å². The van der Waals surface area contributed by atoms with Crippen LogP contribution in [-0.2, 0) is 11.2 Å². The second-order valence-corrected chi connectivity index (χ2v) is 7.50. The number of nitrogens with one attached hydrogen (secondary N) is 2. The van der Waals surface area contributed by atoms with Crippen molar-refractivity contribution in [1.29, 1.82) is 0 Å². The molecule has 0 unspecified atom stereocenters. The van der Waals surface area contributed by atoms with Gasteiger partial charge in [0.15, 0.2) is 0 Å². The molecule has 0 radical (unpaired) electrons. The summed E-state index contributed by atoms with van der Waals surface area (Å²) >= 11 is 0. The van der Waals surface area contributed by atoms with E-state index in [1.165, 1.54) is 12.1 Å². The van der Waals surface area contributed by atoms with E-state index in [0.29, 0.717) is 31.4 Å².